The molecule has 0 saturated carbocycles. The molecule has 0 aliphatic rings. The summed E-state index contributed by atoms with van der Waals surface area (Å²) in [5.41, 5.74) is 4.86. The average Bonchev–Trinajstić information content (AvgIpc) is 1.82. The zero-order chi connectivity index (χ0) is 10.9. The van der Waals surface area contributed by atoms with Gasteiger partial charge in [0.25, 0.3) is 5.08 Å². The topological polar surface area (TPSA) is 287 Å². The Bertz CT molecular complexity index is 251. The second-order valence-corrected chi connectivity index (χ2v) is 6.41. The van der Waals surface area contributed by atoms with Crippen molar-refractivity contribution in [2.45, 2.75) is 11.5 Å². The van der Waals surface area contributed by atoms with E-state index in [1.165, 1.54) is 0 Å². The molecule has 0 unspecified atom stereocenters. The van der Waals surface area contributed by atoms with Crippen molar-refractivity contribution in [3.63, 3.8) is 0 Å². The van der Waals surface area contributed by atoms with Gasteiger partial charge in [-0.1, -0.05) is 0 Å². The van der Waals surface area contributed by atoms with E-state index in [0.717, 1.165) is 0 Å². The molecule has 0 aliphatic carbocycles. The van der Waals surface area contributed by atoms with E-state index in [9.17, 15) is 9.13 Å². The first-order valence-electron chi connectivity index (χ1n) is 3.10. The number of aliphatic hydroxyl groups is 1. The van der Waals surface area contributed by atoms with Crippen LogP contribution in [0.15, 0.2) is 0 Å². The summed E-state index contributed by atoms with van der Waals surface area (Å²) in [6, 6.07) is 0. The fourth-order valence-corrected chi connectivity index (χ4v) is 2.85. The van der Waals surface area contributed by atoms with Gasteiger partial charge in [-0.25, -0.2) is 0 Å². The van der Waals surface area contributed by atoms with E-state index in [0.29, 0.717) is 0 Å². The van der Waals surface area contributed by atoms with Crippen LogP contribution in [0, 0.1) is 0 Å². The van der Waals surface area contributed by atoms with Gasteiger partial charge in [-0.2, -0.15) is 0 Å². The van der Waals surface area contributed by atoms with E-state index >= 15 is 0 Å². The van der Waals surface area contributed by atoms with Crippen molar-refractivity contribution in [3.05, 3.63) is 0 Å². The van der Waals surface area contributed by atoms with Crippen LogP contribution in [-0.2, 0) is 9.13 Å². The molecule has 0 amide bonds. The van der Waals surface area contributed by atoms with Crippen molar-refractivity contribution in [2.75, 3.05) is 6.54 Å². The Morgan fingerprint density at radius 1 is 0.889 bits per heavy atom. The van der Waals surface area contributed by atoms with E-state index in [1.54, 1.807) is 0 Å². The Balaban J connectivity index is -0.0000000720. The minimum absolute atomic E-state index is 0. The molecule has 0 aliphatic heterocycles. The van der Waals surface area contributed by atoms with Gasteiger partial charge in [-0.05, 0) is 6.54 Å². The van der Waals surface area contributed by atoms with Crippen LogP contribution in [0.4, 0.5) is 0 Å². The van der Waals surface area contributed by atoms with Crippen LogP contribution >= 0.6 is 15.2 Å². The number of hydrogen-bond acceptors (Lipinski definition) is 4. The molecule has 18 heavy (non-hydrogen) atoms. The first kappa shape index (κ1) is 36.4. The van der Waals surface area contributed by atoms with Gasteiger partial charge in [0.05, 0.1) is 0 Å². The maximum Gasteiger partial charge on any atom is 1.00 e. The Morgan fingerprint density at radius 3 is 1.17 bits per heavy atom. The molecule has 12 nitrogen and oxygen atoms in total. The molecular formula is C3H19NNaO11P2+. The monoisotopic (exact) mass is 330 g/mol. The second-order valence-electron chi connectivity index (χ2n) is 2.40. The maximum absolute atomic E-state index is 10.6. The molecule has 0 radical (unpaired) electrons. The van der Waals surface area contributed by atoms with Gasteiger partial charge in [-0.15, -0.1) is 0 Å². The molecule has 15 heteroatoms. The summed E-state index contributed by atoms with van der Waals surface area (Å²) in [5, 5.41) is 5.71. The SMILES string of the molecule is NCCC(O)(P(=O)(O)O)P(=O)(O)O.O.O.O.O.[Na+]. The molecule has 15 N–H and O–H groups in total. The van der Waals surface area contributed by atoms with E-state index in [4.69, 9.17) is 30.4 Å². The third-order valence-electron chi connectivity index (χ3n) is 1.41. The summed E-state index contributed by atoms with van der Waals surface area (Å²) in [4.78, 5) is 34.1. The van der Waals surface area contributed by atoms with Crippen LogP contribution in [0.5, 0.6) is 0 Å². The molecule has 0 bridgehead atoms. The normalized spacial score (nSPS) is 10.6. The van der Waals surface area contributed by atoms with E-state index < -0.39 is 33.2 Å². The van der Waals surface area contributed by atoms with Crippen LogP contribution in [0.25, 0.3) is 0 Å². The van der Waals surface area contributed by atoms with Crippen LogP contribution in [0.3, 0.4) is 0 Å². The van der Waals surface area contributed by atoms with Gasteiger partial charge in [0.15, 0.2) is 0 Å². The van der Waals surface area contributed by atoms with E-state index in [1.807, 2.05) is 0 Å². The van der Waals surface area contributed by atoms with Gasteiger partial charge in [0.1, 0.15) is 0 Å². The van der Waals surface area contributed by atoms with Gasteiger partial charge in [-0.3, -0.25) is 9.13 Å². The predicted octanol–water partition coefficient (Wildman–Crippen LogP) is -7.96. The van der Waals surface area contributed by atoms with Crippen molar-refractivity contribution >= 4 is 15.2 Å². The van der Waals surface area contributed by atoms with Gasteiger partial charge < -0.3 is 52.3 Å². The summed E-state index contributed by atoms with van der Waals surface area (Å²) in [6.07, 6.45) is -0.873. The average molecular weight is 330 g/mol. The summed E-state index contributed by atoms with van der Waals surface area (Å²) in [7, 11) is -10.6. The molecule has 0 fully saturated rings. The molecule has 0 aromatic carbocycles. The Hall–Kier alpha value is 1.06. The number of rotatable bonds is 4. The number of hydrogen-bond donors (Lipinski definition) is 6. The van der Waals surface area contributed by atoms with Gasteiger partial charge >= 0.3 is 44.7 Å². The molecular weight excluding hydrogens is 311 g/mol. The van der Waals surface area contributed by atoms with Crippen molar-refractivity contribution in [1.82, 2.24) is 0 Å². The molecule has 0 heterocycles. The molecule has 0 saturated heterocycles. The molecule has 0 aromatic rings. The van der Waals surface area contributed by atoms with Crippen molar-refractivity contribution in [2.24, 2.45) is 5.73 Å². The zero-order valence-electron chi connectivity index (χ0n) is 9.44. The fraction of sp³-hybridized carbons (Fsp3) is 1.00. The van der Waals surface area contributed by atoms with Crippen molar-refractivity contribution in [3.8, 4) is 0 Å². The molecule has 112 valence electrons. The third-order valence-corrected chi connectivity index (χ3v) is 5.29. The van der Waals surface area contributed by atoms with Crippen LogP contribution in [0.2, 0.25) is 0 Å². The first-order chi connectivity index (χ1) is 5.56. The largest absolute Gasteiger partial charge is 1.00 e. The minimum Gasteiger partial charge on any atom is -0.412 e. The minimum atomic E-state index is -5.31. The summed E-state index contributed by atoms with van der Waals surface area (Å²) in [6.45, 7) is -0.452. The standard InChI is InChI=1S/C3H11NO7P2.Na.4H2O/c4-2-1-3(5,12(6,7)8)13(9,10)11;;;;;/h5H,1-2,4H2,(H2,6,7,8)(H2,9,10,11);;4*1H2/q;+1;;;;. The maximum atomic E-state index is 10.6. The quantitative estimate of drug-likeness (QED) is 0.212. The smallest absolute Gasteiger partial charge is 0.412 e. The van der Waals surface area contributed by atoms with Crippen LogP contribution in [0.1, 0.15) is 6.42 Å². The summed E-state index contributed by atoms with van der Waals surface area (Å²) in [5.74, 6) is 0. The molecule has 0 rings (SSSR count). The van der Waals surface area contributed by atoms with E-state index in [-0.39, 0.29) is 51.5 Å². The predicted molar refractivity (Wildman–Crippen MR) is 57.2 cm³/mol. The van der Waals surface area contributed by atoms with Crippen molar-refractivity contribution < 1.29 is 85.3 Å². The molecule has 0 atom stereocenters. The van der Waals surface area contributed by atoms with Crippen LogP contribution < -0.4 is 35.3 Å². The Labute approximate surface area is 124 Å². The van der Waals surface area contributed by atoms with E-state index in [2.05, 4.69) is 0 Å². The third kappa shape index (κ3) is 8.27. The Kier molecular flexibility index (Phi) is 24.0. The number of nitrogens with two attached hydrogens (primary N) is 1. The van der Waals surface area contributed by atoms with Crippen molar-refractivity contribution in [1.29, 1.82) is 0 Å². The van der Waals surface area contributed by atoms with Gasteiger partial charge in [0.2, 0.25) is 0 Å². The molecule has 0 spiro atoms. The Morgan fingerprint density at radius 2 is 1.11 bits per heavy atom. The fourth-order valence-electron chi connectivity index (χ4n) is 0.655. The first-order valence-corrected chi connectivity index (χ1v) is 6.32. The summed E-state index contributed by atoms with van der Waals surface area (Å²) >= 11 is 0. The van der Waals surface area contributed by atoms with Crippen LogP contribution in [-0.4, -0.2) is 58.2 Å². The summed E-state index contributed by atoms with van der Waals surface area (Å²) < 4.78 is 21.2. The zero-order valence-corrected chi connectivity index (χ0v) is 13.2. The second kappa shape index (κ2) is 11.9. The van der Waals surface area contributed by atoms with Gasteiger partial charge in [0, 0.05) is 6.42 Å². The molecule has 0 aromatic heterocycles.